The molecule has 5 heteroatoms. The van der Waals surface area contributed by atoms with Gasteiger partial charge in [0.15, 0.2) is 0 Å². The Bertz CT molecular complexity index is 406. The van der Waals surface area contributed by atoms with Crippen molar-refractivity contribution in [1.82, 2.24) is 5.32 Å². The lowest BCUT2D eigenvalue weighted by molar-refractivity contribution is -0.141. The zero-order valence-corrected chi connectivity index (χ0v) is 11.2. The molecule has 18 heavy (non-hydrogen) atoms. The van der Waals surface area contributed by atoms with E-state index in [-0.39, 0.29) is 0 Å². The SMILES string of the molecule is CC(C)(SCc1ccccc1)[C@H](NC=O)C(=O)O. The van der Waals surface area contributed by atoms with Gasteiger partial charge in [0.25, 0.3) is 0 Å². The summed E-state index contributed by atoms with van der Waals surface area (Å²) in [6.45, 7) is 3.63. The van der Waals surface area contributed by atoms with Gasteiger partial charge in [-0.3, -0.25) is 4.79 Å². The van der Waals surface area contributed by atoms with E-state index in [4.69, 9.17) is 5.11 Å². The van der Waals surface area contributed by atoms with Crippen molar-refractivity contribution in [3.8, 4) is 0 Å². The summed E-state index contributed by atoms with van der Waals surface area (Å²) in [6, 6.07) is 8.91. The second-order valence-corrected chi connectivity index (χ2v) is 6.06. The van der Waals surface area contributed by atoms with Gasteiger partial charge in [0, 0.05) is 10.5 Å². The number of hydrogen-bond donors (Lipinski definition) is 2. The summed E-state index contributed by atoms with van der Waals surface area (Å²) in [5, 5.41) is 11.5. The summed E-state index contributed by atoms with van der Waals surface area (Å²) < 4.78 is -0.581. The first-order valence-corrected chi connectivity index (χ1v) is 6.56. The van der Waals surface area contributed by atoms with Gasteiger partial charge in [0.2, 0.25) is 6.41 Å². The highest BCUT2D eigenvalue weighted by Gasteiger charge is 2.35. The predicted octanol–water partition coefficient (Wildman–Crippen LogP) is 1.90. The Morgan fingerprint density at radius 3 is 2.56 bits per heavy atom. The number of carbonyl (C=O) groups excluding carboxylic acids is 1. The van der Waals surface area contributed by atoms with Crippen LogP contribution in [0.2, 0.25) is 0 Å². The van der Waals surface area contributed by atoms with E-state index in [0.29, 0.717) is 12.2 Å². The van der Waals surface area contributed by atoms with Crippen LogP contribution in [0.25, 0.3) is 0 Å². The quantitative estimate of drug-likeness (QED) is 0.740. The number of carboxylic acid groups (broad SMARTS) is 1. The van der Waals surface area contributed by atoms with Gasteiger partial charge >= 0.3 is 5.97 Å². The maximum absolute atomic E-state index is 11.1. The number of carbonyl (C=O) groups is 2. The van der Waals surface area contributed by atoms with Gasteiger partial charge < -0.3 is 10.4 Å². The van der Waals surface area contributed by atoms with E-state index in [2.05, 4.69) is 5.32 Å². The summed E-state index contributed by atoms with van der Waals surface area (Å²) >= 11 is 1.51. The summed E-state index contributed by atoms with van der Waals surface area (Å²) in [5.74, 6) is -0.314. The molecule has 0 bridgehead atoms. The van der Waals surface area contributed by atoms with Gasteiger partial charge in [-0.2, -0.15) is 0 Å². The fourth-order valence-corrected chi connectivity index (χ4v) is 2.63. The largest absolute Gasteiger partial charge is 0.480 e. The van der Waals surface area contributed by atoms with Crippen LogP contribution in [0, 0.1) is 0 Å². The molecule has 1 aromatic rings. The van der Waals surface area contributed by atoms with Gasteiger partial charge in [-0.05, 0) is 19.4 Å². The zero-order valence-electron chi connectivity index (χ0n) is 10.4. The van der Waals surface area contributed by atoms with Gasteiger partial charge in [0.1, 0.15) is 6.04 Å². The van der Waals surface area contributed by atoms with Crippen LogP contribution in [0.1, 0.15) is 19.4 Å². The Balaban J connectivity index is 2.67. The van der Waals surface area contributed by atoms with Crippen LogP contribution >= 0.6 is 11.8 Å². The standard InChI is InChI=1S/C13H17NO3S/c1-13(2,11(12(16)17)14-9-15)18-8-10-6-4-3-5-7-10/h3-7,9,11H,8H2,1-2H3,(H,14,15)(H,16,17)/t11-/m1/s1. The lowest BCUT2D eigenvalue weighted by Crippen LogP contribution is -2.49. The van der Waals surface area contributed by atoms with Crippen LogP contribution in [0.5, 0.6) is 0 Å². The maximum atomic E-state index is 11.1. The van der Waals surface area contributed by atoms with Gasteiger partial charge in [-0.15, -0.1) is 11.8 Å². The Hall–Kier alpha value is -1.49. The molecule has 0 aliphatic rings. The van der Waals surface area contributed by atoms with Crippen molar-refractivity contribution in [1.29, 1.82) is 0 Å². The molecule has 0 aliphatic carbocycles. The average molecular weight is 267 g/mol. The first-order valence-electron chi connectivity index (χ1n) is 5.58. The van der Waals surface area contributed by atoms with Crippen LogP contribution in [0.3, 0.4) is 0 Å². The minimum Gasteiger partial charge on any atom is -0.480 e. The van der Waals surface area contributed by atoms with Gasteiger partial charge in [-0.25, -0.2) is 4.79 Å². The lowest BCUT2D eigenvalue weighted by Gasteiger charge is -2.30. The number of benzene rings is 1. The van der Waals surface area contributed by atoms with E-state index >= 15 is 0 Å². The van der Waals surface area contributed by atoms with Crippen LogP contribution in [0.15, 0.2) is 30.3 Å². The molecule has 0 radical (unpaired) electrons. The molecule has 4 nitrogen and oxygen atoms in total. The van der Waals surface area contributed by atoms with Crippen molar-refractivity contribution in [2.24, 2.45) is 0 Å². The van der Waals surface area contributed by atoms with E-state index in [1.165, 1.54) is 11.8 Å². The van der Waals surface area contributed by atoms with E-state index < -0.39 is 16.8 Å². The Kier molecular flexibility index (Phi) is 5.22. The third-order valence-electron chi connectivity index (χ3n) is 2.63. The molecule has 0 aliphatic heterocycles. The van der Waals surface area contributed by atoms with E-state index in [9.17, 15) is 9.59 Å². The summed E-state index contributed by atoms with van der Waals surface area (Å²) in [7, 11) is 0. The molecule has 0 unspecified atom stereocenters. The Morgan fingerprint density at radius 2 is 2.06 bits per heavy atom. The summed E-state index contributed by atoms with van der Waals surface area (Å²) in [5.41, 5.74) is 1.13. The molecule has 0 fully saturated rings. The van der Waals surface area contributed by atoms with Crippen molar-refractivity contribution < 1.29 is 14.7 Å². The van der Waals surface area contributed by atoms with Crippen molar-refractivity contribution in [3.05, 3.63) is 35.9 Å². The molecule has 0 heterocycles. The highest BCUT2D eigenvalue weighted by Crippen LogP contribution is 2.31. The minimum absolute atomic E-state index is 0.434. The van der Waals surface area contributed by atoms with Gasteiger partial charge in [-0.1, -0.05) is 30.3 Å². The number of aliphatic carboxylic acids is 1. The molecule has 1 rings (SSSR count). The monoisotopic (exact) mass is 267 g/mol. The average Bonchev–Trinajstić information content (AvgIpc) is 2.34. The zero-order chi connectivity index (χ0) is 13.6. The molecule has 0 aromatic heterocycles. The molecule has 1 amide bonds. The smallest absolute Gasteiger partial charge is 0.327 e. The Labute approximate surface area is 111 Å². The first kappa shape index (κ1) is 14.6. The van der Waals surface area contributed by atoms with Crippen LogP contribution in [-0.4, -0.2) is 28.3 Å². The molecule has 98 valence electrons. The molecule has 0 saturated carbocycles. The van der Waals surface area contributed by atoms with Crippen molar-refractivity contribution in [2.45, 2.75) is 30.4 Å². The summed E-state index contributed by atoms with van der Waals surface area (Å²) in [4.78, 5) is 21.6. The highest BCUT2D eigenvalue weighted by atomic mass is 32.2. The fourth-order valence-electron chi connectivity index (χ4n) is 1.56. The Morgan fingerprint density at radius 1 is 1.44 bits per heavy atom. The third-order valence-corrected chi connectivity index (χ3v) is 4.09. The van der Waals surface area contributed by atoms with Crippen molar-refractivity contribution in [2.75, 3.05) is 0 Å². The molecule has 1 atom stereocenters. The molecule has 2 N–H and O–H groups in total. The summed E-state index contributed by atoms with van der Waals surface area (Å²) in [6.07, 6.45) is 0.434. The highest BCUT2D eigenvalue weighted by molar-refractivity contribution is 7.99. The number of nitrogens with one attached hydrogen (secondary N) is 1. The van der Waals surface area contributed by atoms with Gasteiger partial charge in [0.05, 0.1) is 0 Å². The lowest BCUT2D eigenvalue weighted by atomic mass is 10.0. The van der Waals surface area contributed by atoms with Crippen LogP contribution in [0.4, 0.5) is 0 Å². The van der Waals surface area contributed by atoms with Crippen LogP contribution < -0.4 is 5.32 Å². The molecule has 0 spiro atoms. The fraction of sp³-hybridized carbons (Fsp3) is 0.385. The second-order valence-electron chi connectivity index (χ2n) is 4.43. The minimum atomic E-state index is -1.02. The topological polar surface area (TPSA) is 66.4 Å². The van der Waals surface area contributed by atoms with Crippen molar-refractivity contribution in [3.63, 3.8) is 0 Å². The normalized spacial score (nSPS) is 12.8. The van der Waals surface area contributed by atoms with E-state index in [1.807, 2.05) is 44.2 Å². The van der Waals surface area contributed by atoms with Crippen molar-refractivity contribution >= 4 is 24.1 Å². The number of rotatable bonds is 7. The third kappa shape index (κ3) is 4.07. The molecule has 1 aromatic carbocycles. The first-order chi connectivity index (χ1) is 8.47. The number of hydrogen-bond acceptors (Lipinski definition) is 3. The van der Waals surface area contributed by atoms with Crippen LogP contribution in [-0.2, 0) is 15.3 Å². The number of amides is 1. The number of carboxylic acids is 1. The van der Waals surface area contributed by atoms with E-state index in [0.717, 1.165) is 5.56 Å². The van der Waals surface area contributed by atoms with E-state index in [1.54, 1.807) is 0 Å². The number of thioether (sulfide) groups is 1. The predicted molar refractivity (Wildman–Crippen MR) is 72.4 cm³/mol. The molecule has 0 saturated heterocycles. The maximum Gasteiger partial charge on any atom is 0.327 e. The second kappa shape index (κ2) is 6.44. The molecular formula is C13H17NO3S. The molecular weight excluding hydrogens is 250 g/mol.